The molecule has 2 atom stereocenters. The summed E-state index contributed by atoms with van der Waals surface area (Å²) in [6.07, 6.45) is 2.51. The number of hydrogen-bond acceptors (Lipinski definition) is 4. The lowest BCUT2D eigenvalue weighted by molar-refractivity contribution is -0.137. The quantitative estimate of drug-likeness (QED) is 0.667. The summed E-state index contributed by atoms with van der Waals surface area (Å²) in [5.74, 6) is -1.49. The SMILES string of the molecule is CC(CCCC(=O)O)NC(=O)C(C)NC(=O)c1ccco1. The van der Waals surface area contributed by atoms with Crippen molar-refractivity contribution in [2.24, 2.45) is 0 Å². The molecule has 2 unspecified atom stereocenters. The summed E-state index contributed by atoms with van der Waals surface area (Å²) in [6, 6.07) is 2.24. The summed E-state index contributed by atoms with van der Waals surface area (Å²) in [5, 5.41) is 13.8. The average Bonchev–Trinajstić information content (AvgIpc) is 2.91. The van der Waals surface area contributed by atoms with E-state index in [0.717, 1.165) is 0 Å². The van der Waals surface area contributed by atoms with Gasteiger partial charge in [0, 0.05) is 12.5 Å². The van der Waals surface area contributed by atoms with Crippen molar-refractivity contribution in [1.82, 2.24) is 10.6 Å². The van der Waals surface area contributed by atoms with Crippen LogP contribution in [0.4, 0.5) is 0 Å². The summed E-state index contributed by atoms with van der Waals surface area (Å²) < 4.78 is 4.93. The Morgan fingerprint density at radius 1 is 1.29 bits per heavy atom. The molecular formula is C14H20N2O5. The summed E-state index contributed by atoms with van der Waals surface area (Å²) in [7, 11) is 0. The summed E-state index contributed by atoms with van der Waals surface area (Å²) >= 11 is 0. The van der Waals surface area contributed by atoms with Gasteiger partial charge in [-0.3, -0.25) is 14.4 Å². The van der Waals surface area contributed by atoms with E-state index in [1.165, 1.54) is 12.3 Å². The second-order valence-electron chi connectivity index (χ2n) is 4.87. The first kappa shape index (κ1) is 16.7. The zero-order valence-corrected chi connectivity index (χ0v) is 12.1. The molecule has 2 amide bonds. The van der Waals surface area contributed by atoms with Crippen LogP contribution in [0.2, 0.25) is 0 Å². The van der Waals surface area contributed by atoms with Gasteiger partial charge in [0.2, 0.25) is 5.91 Å². The Morgan fingerprint density at radius 3 is 2.57 bits per heavy atom. The van der Waals surface area contributed by atoms with Gasteiger partial charge in [-0.2, -0.15) is 0 Å². The van der Waals surface area contributed by atoms with Crippen molar-refractivity contribution in [2.45, 2.75) is 45.2 Å². The molecule has 0 spiro atoms. The standard InChI is InChI=1S/C14H20N2O5/c1-9(5-3-7-12(17)18)15-13(19)10(2)16-14(20)11-6-4-8-21-11/h4,6,8-10H,3,5,7H2,1-2H3,(H,15,19)(H,16,20)(H,17,18). The second kappa shape index (κ2) is 8.08. The van der Waals surface area contributed by atoms with Crippen LogP contribution in [0.15, 0.2) is 22.8 Å². The van der Waals surface area contributed by atoms with E-state index in [2.05, 4.69) is 10.6 Å². The van der Waals surface area contributed by atoms with E-state index in [-0.39, 0.29) is 24.1 Å². The number of carbonyl (C=O) groups is 3. The molecule has 0 radical (unpaired) electrons. The van der Waals surface area contributed by atoms with Gasteiger partial charge in [-0.1, -0.05) is 0 Å². The first-order valence-electron chi connectivity index (χ1n) is 6.76. The fourth-order valence-corrected chi connectivity index (χ4v) is 1.74. The highest BCUT2D eigenvalue weighted by Gasteiger charge is 2.19. The van der Waals surface area contributed by atoms with E-state index in [1.54, 1.807) is 19.9 Å². The maximum absolute atomic E-state index is 11.9. The Labute approximate surface area is 122 Å². The third-order valence-electron chi connectivity index (χ3n) is 2.90. The molecule has 1 aromatic rings. The number of rotatable bonds is 8. The predicted molar refractivity (Wildman–Crippen MR) is 74.7 cm³/mol. The molecular weight excluding hydrogens is 276 g/mol. The van der Waals surface area contributed by atoms with Crippen LogP contribution >= 0.6 is 0 Å². The highest BCUT2D eigenvalue weighted by atomic mass is 16.4. The topological polar surface area (TPSA) is 109 Å². The van der Waals surface area contributed by atoms with Crippen LogP contribution in [0, 0.1) is 0 Å². The highest BCUT2D eigenvalue weighted by Crippen LogP contribution is 2.02. The van der Waals surface area contributed by atoms with Gasteiger partial charge >= 0.3 is 5.97 Å². The van der Waals surface area contributed by atoms with Gasteiger partial charge in [-0.05, 0) is 38.8 Å². The summed E-state index contributed by atoms with van der Waals surface area (Å²) in [6.45, 7) is 3.36. The normalized spacial score (nSPS) is 13.2. The lowest BCUT2D eigenvalue weighted by Crippen LogP contribution is -2.47. The predicted octanol–water partition coefficient (Wildman–Crippen LogP) is 1.16. The third-order valence-corrected chi connectivity index (χ3v) is 2.90. The summed E-state index contributed by atoms with van der Waals surface area (Å²) in [5.41, 5.74) is 0. The molecule has 1 aromatic heterocycles. The van der Waals surface area contributed by atoms with Crippen LogP contribution in [0.1, 0.15) is 43.7 Å². The molecule has 116 valence electrons. The van der Waals surface area contributed by atoms with Crippen LogP contribution in [0.25, 0.3) is 0 Å². The van der Waals surface area contributed by atoms with Crippen LogP contribution in [-0.4, -0.2) is 35.0 Å². The number of amides is 2. The van der Waals surface area contributed by atoms with Crippen LogP contribution in [0.5, 0.6) is 0 Å². The number of carboxylic acid groups (broad SMARTS) is 1. The molecule has 0 saturated carbocycles. The number of carbonyl (C=O) groups excluding carboxylic acids is 2. The Kier molecular flexibility index (Phi) is 6.45. The molecule has 0 aromatic carbocycles. The maximum atomic E-state index is 11.9. The van der Waals surface area contributed by atoms with Gasteiger partial charge in [0.25, 0.3) is 5.91 Å². The first-order chi connectivity index (χ1) is 9.90. The molecule has 0 saturated heterocycles. The molecule has 1 rings (SSSR count). The lowest BCUT2D eigenvalue weighted by atomic mass is 10.1. The van der Waals surface area contributed by atoms with Gasteiger partial charge in [0.05, 0.1) is 6.26 Å². The summed E-state index contributed by atoms with van der Waals surface area (Å²) in [4.78, 5) is 34.0. The van der Waals surface area contributed by atoms with Gasteiger partial charge in [0.15, 0.2) is 5.76 Å². The number of carboxylic acids is 1. The van der Waals surface area contributed by atoms with Crippen LogP contribution < -0.4 is 10.6 Å². The minimum Gasteiger partial charge on any atom is -0.481 e. The zero-order valence-electron chi connectivity index (χ0n) is 12.1. The molecule has 0 aliphatic carbocycles. The van der Waals surface area contributed by atoms with Crippen molar-refractivity contribution in [1.29, 1.82) is 0 Å². The maximum Gasteiger partial charge on any atom is 0.303 e. The fourth-order valence-electron chi connectivity index (χ4n) is 1.74. The van der Waals surface area contributed by atoms with Gasteiger partial charge in [-0.25, -0.2) is 0 Å². The smallest absolute Gasteiger partial charge is 0.303 e. The molecule has 0 aliphatic rings. The van der Waals surface area contributed by atoms with Crippen molar-refractivity contribution in [2.75, 3.05) is 0 Å². The largest absolute Gasteiger partial charge is 0.481 e. The molecule has 3 N–H and O–H groups in total. The Bertz CT molecular complexity index is 484. The molecule has 0 aliphatic heterocycles. The fraction of sp³-hybridized carbons (Fsp3) is 0.500. The van der Waals surface area contributed by atoms with Crippen molar-refractivity contribution in [3.63, 3.8) is 0 Å². The minimum atomic E-state index is -0.854. The van der Waals surface area contributed by atoms with E-state index in [9.17, 15) is 14.4 Å². The van der Waals surface area contributed by atoms with E-state index >= 15 is 0 Å². The first-order valence-corrected chi connectivity index (χ1v) is 6.76. The lowest BCUT2D eigenvalue weighted by Gasteiger charge is -2.18. The Morgan fingerprint density at radius 2 is 2.00 bits per heavy atom. The number of furan rings is 1. The monoisotopic (exact) mass is 296 g/mol. The number of hydrogen-bond donors (Lipinski definition) is 3. The van der Waals surface area contributed by atoms with Crippen molar-refractivity contribution < 1.29 is 23.9 Å². The number of nitrogens with one attached hydrogen (secondary N) is 2. The van der Waals surface area contributed by atoms with E-state index in [1.807, 2.05) is 0 Å². The van der Waals surface area contributed by atoms with Crippen molar-refractivity contribution in [3.8, 4) is 0 Å². The van der Waals surface area contributed by atoms with E-state index in [0.29, 0.717) is 12.8 Å². The molecule has 7 heteroatoms. The molecule has 21 heavy (non-hydrogen) atoms. The van der Waals surface area contributed by atoms with Crippen LogP contribution in [0.3, 0.4) is 0 Å². The minimum absolute atomic E-state index is 0.0744. The van der Waals surface area contributed by atoms with E-state index in [4.69, 9.17) is 9.52 Å². The molecule has 0 bridgehead atoms. The zero-order chi connectivity index (χ0) is 15.8. The average molecular weight is 296 g/mol. The highest BCUT2D eigenvalue weighted by molar-refractivity contribution is 5.95. The van der Waals surface area contributed by atoms with Crippen LogP contribution in [-0.2, 0) is 9.59 Å². The molecule has 0 fully saturated rings. The van der Waals surface area contributed by atoms with E-state index < -0.39 is 17.9 Å². The number of aliphatic carboxylic acids is 1. The van der Waals surface area contributed by atoms with Gasteiger partial charge in [-0.15, -0.1) is 0 Å². The Balaban J connectivity index is 2.33. The Hall–Kier alpha value is -2.31. The molecule has 7 nitrogen and oxygen atoms in total. The second-order valence-corrected chi connectivity index (χ2v) is 4.87. The van der Waals surface area contributed by atoms with Gasteiger partial charge in [0.1, 0.15) is 6.04 Å². The third kappa shape index (κ3) is 6.11. The van der Waals surface area contributed by atoms with Crippen molar-refractivity contribution >= 4 is 17.8 Å². The van der Waals surface area contributed by atoms with Gasteiger partial charge < -0.3 is 20.2 Å². The van der Waals surface area contributed by atoms with Crippen molar-refractivity contribution in [3.05, 3.63) is 24.2 Å². The molecule has 1 heterocycles.